The molecule has 0 aliphatic heterocycles. The zero-order valence-electron chi connectivity index (χ0n) is 9.22. The van der Waals surface area contributed by atoms with Gasteiger partial charge in [-0.2, -0.15) is 0 Å². The van der Waals surface area contributed by atoms with Gasteiger partial charge >= 0.3 is 0 Å². The van der Waals surface area contributed by atoms with E-state index in [4.69, 9.17) is 5.73 Å². The van der Waals surface area contributed by atoms with Crippen LogP contribution in [0.25, 0.3) is 0 Å². The number of hydrogen-bond acceptors (Lipinski definition) is 2. The van der Waals surface area contributed by atoms with Gasteiger partial charge in [-0.05, 0) is 27.2 Å². The maximum absolute atomic E-state index is 11.7. The molecule has 0 aliphatic carbocycles. The minimum atomic E-state index is -0.179. The standard InChI is InChI=1S/C10H20N2O/c1-6-9(11)12(5)10(13)8(4)7(2)3/h9H,6,11H2,1-5H3. The Morgan fingerprint density at radius 1 is 1.38 bits per heavy atom. The SMILES string of the molecule is CCC(N)N(C)C(=O)C(C)=C(C)C. The van der Waals surface area contributed by atoms with Gasteiger partial charge in [0.2, 0.25) is 5.91 Å². The van der Waals surface area contributed by atoms with E-state index in [-0.39, 0.29) is 12.1 Å². The summed E-state index contributed by atoms with van der Waals surface area (Å²) in [5, 5.41) is 0. The Bertz CT molecular complexity index is 217. The molecule has 0 fully saturated rings. The second-order valence-corrected chi connectivity index (χ2v) is 3.52. The zero-order chi connectivity index (χ0) is 10.6. The van der Waals surface area contributed by atoms with Crippen LogP contribution in [0, 0.1) is 0 Å². The normalized spacial score (nSPS) is 12.2. The lowest BCUT2D eigenvalue weighted by Gasteiger charge is -2.24. The van der Waals surface area contributed by atoms with Gasteiger partial charge in [0.15, 0.2) is 0 Å². The lowest BCUT2D eigenvalue weighted by molar-refractivity contribution is -0.127. The van der Waals surface area contributed by atoms with Crippen LogP contribution in [-0.2, 0) is 4.79 Å². The van der Waals surface area contributed by atoms with Crippen molar-refractivity contribution < 1.29 is 4.79 Å². The van der Waals surface area contributed by atoms with E-state index >= 15 is 0 Å². The number of carbonyl (C=O) groups excluding carboxylic acids is 1. The van der Waals surface area contributed by atoms with Crippen LogP contribution < -0.4 is 5.73 Å². The number of amides is 1. The molecule has 0 rings (SSSR count). The molecule has 76 valence electrons. The van der Waals surface area contributed by atoms with Crippen molar-refractivity contribution in [2.75, 3.05) is 7.05 Å². The van der Waals surface area contributed by atoms with Crippen molar-refractivity contribution in [2.24, 2.45) is 5.73 Å². The fraction of sp³-hybridized carbons (Fsp3) is 0.700. The lowest BCUT2D eigenvalue weighted by atomic mass is 10.1. The van der Waals surface area contributed by atoms with Crippen LogP contribution in [0.4, 0.5) is 0 Å². The molecule has 2 N–H and O–H groups in total. The summed E-state index contributed by atoms with van der Waals surface area (Å²) in [7, 11) is 1.74. The first-order chi connectivity index (χ1) is 5.91. The second kappa shape index (κ2) is 5.02. The number of hydrogen-bond donors (Lipinski definition) is 1. The lowest BCUT2D eigenvalue weighted by Crippen LogP contribution is -2.43. The van der Waals surface area contributed by atoms with E-state index in [9.17, 15) is 4.79 Å². The number of carbonyl (C=O) groups is 1. The predicted molar refractivity (Wildman–Crippen MR) is 55.1 cm³/mol. The van der Waals surface area contributed by atoms with Gasteiger partial charge in [-0.15, -0.1) is 0 Å². The van der Waals surface area contributed by atoms with Crippen LogP contribution in [0.15, 0.2) is 11.1 Å². The van der Waals surface area contributed by atoms with Crippen molar-refractivity contribution in [3.63, 3.8) is 0 Å². The molecule has 0 bridgehead atoms. The maximum atomic E-state index is 11.7. The maximum Gasteiger partial charge on any atom is 0.250 e. The molecule has 0 aliphatic rings. The van der Waals surface area contributed by atoms with E-state index in [0.717, 1.165) is 17.6 Å². The highest BCUT2D eigenvalue weighted by molar-refractivity contribution is 5.93. The molecular weight excluding hydrogens is 164 g/mol. The van der Waals surface area contributed by atoms with Gasteiger partial charge in [0.25, 0.3) is 0 Å². The second-order valence-electron chi connectivity index (χ2n) is 3.52. The number of allylic oxidation sites excluding steroid dienone is 1. The van der Waals surface area contributed by atoms with E-state index in [0.29, 0.717) is 0 Å². The van der Waals surface area contributed by atoms with Crippen molar-refractivity contribution in [3.8, 4) is 0 Å². The predicted octanol–water partition coefficient (Wildman–Crippen LogP) is 1.50. The highest BCUT2D eigenvalue weighted by atomic mass is 16.2. The van der Waals surface area contributed by atoms with E-state index in [1.54, 1.807) is 11.9 Å². The highest BCUT2D eigenvalue weighted by Gasteiger charge is 2.16. The van der Waals surface area contributed by atoms with Crippen molar-refractivity contribution in [2.45, 2.75) is 40.3 Å². The Morgan fingerprint density at radius 3 is 2.15 bits per heavy atom. The first-order valence-electron chi connectivity index (χ1n) is 4.58. The molecule has 0 heterocycles. The molecule has 13 heavy (non-hydrogen) atoms. The molecule has 0 saturated carbocycles. The Kier molecular flexibility index (Phi) is 4.70. The van der Waals surface area contributed by atoms with Gasteiger partial charge in [0.1, 0.15) is 0 Å². The van der Waals surface area contributed by atoms with Gasteiger partial charge in [-0.1, -0.05) is 12.5 Å². The first-order valence-corrected chi connectivity index (χ1v) is 4.58. The van der Waals surface area contributed by atoms with Gasteiger partial charge in [-0.3, -0.25) is 4.79 Å². The van der Waals surface area contributed by atoms with Crippen LogP contribution in [0.3, 0.4) is 0 Å². The monoisotopic (exact) mass is 184 g/mol. The molecule has 0 aromatic heterocycles. The van der Waals surface area contributed by atoms with Crippen LogP contribution in [0.5, 0.6) is 0 Å². The van der Waals surface area contributed by atoms with Crippen LogP contribution in [0.2, 0.25) is 0 Å². The number of nitrogens with two attached hydrogens (primary N) is 1. The molecule has 1 atom stereocenters. The van der Waals surface area contributed by atoms with Gasteiger partial charge in [-0.25, -0.2) is 0 Å². The van der Waals surface area contributed by atoms with E-state index in [1.165, 1.54) is 0 Å². The van der Waals surface area contributed by atoms with Crippen LogP contribution in [0.1, 0.15) is 34.1 Å². The van der Waals surface area contributed by atoms with Crippen molar-refractivity contribution in [1.82, 2.24) is 4.90 Å². The number of rotatable bonds is 3. The van der Waals surface area contributed by atoms with Crippen molar-refractivity contribution in [3.05, 3.63) is 11.1 Å². The molecule has 0 spiro atoms. The summed E-state index contributed by atoms with van der Waals surface area (Å²) < 4.78 is 0. The number of nitrogens with zero attached hydrogens (tertiary/aromatic N) is 1. The van der Waals surface area contributed by atoms with Gasteiger partial charge in [0, 0.05) is 12.6 Å². The Labute approximate surface area is 80.6 Å². The quantitative estimate of drug-likeness (QED) is 0.533. The largest absolute Gasteiger partial charge is 0.327 e. The van der Waals surface area contributed by atoms with Gasteiger partial charge < -0.3 is 10.6 Å². The van der Waals surface area contributed by atoms with E-state index in [2.05, 4.69) is 0 Å². The Morgan fingerprint density at radius 2 is 1.85 bits per heavy atom. The average molecular weight is 184 g/mol. The summed E-state index contributed by atoms with van der Waals surface area (Å²) in [5.74, 6) is 0.0225. The summed E-state index contributed by atoms with van der Waals surface area (Å²) in [5.41, 5.74) is 7.56. The van der Waals surface area contributed by atoms with Crippen LogP contribution >= 0.6 is 0 Å². The molecule has 3 heteroatoms. The zero-order valence-corrected chi connectivity index (χ0v) is 9.22. The molecule has 0 aromatic rings. The van der Waals surface area contributed by atoms with Crippen LogP contribution in [-0.4, -0.2) is 24.0 Å². The number of likely N-dealkylation sites (N-methyl/N-ethyl adjacent to an activating group) is 1. The highest BCUT2D eigenvalue weighted by Crippen LogP contribution is 2.07. The molecule has 3 nitrogen and oxygen atoms in total. The molecule has 0 aromatic carbocycles. The third-order valence-electron chi connectivity index (χ3n) is 2.31. The van der Waals surface area contributed by atoms with Crippen molar-refractivity contribution >= 4 is 5.91 Å². The summed E-state index contributed by atoms with van der Waals surface area (Å²) in [6.45, 7) is 7.65. The minimum absolute atomic E-state index is 0.0225. The molecular formula is C10H20N2O. The first kappa shape index (κ1) is 12.2. The smallest absolute Gasteiger partial charge is 0.250 e. The molecule has 0 radical (unpaired) electrons. The molecule has 1 unspecified atom stereocenters. The summed E-state index contributed by atoms with van der Waals surface area (Å²) >= 11 is 0. The molecule has 0 saturated heterocycles. The van der Waals surface area contributed by atoms with E-state index in [1.807, 2.05) is 27.7 Å². The van der Waals surface area contributed by atoms with Crippen molar-refractivity contribution in [1.29, 1.82) is 0 Å². The van der Waals surface area contributed by atoms with Gasteiger partial charge in [0.05, 0.1) is 6.17 Å². The summed E-state index contributed by atoms with van der Waals surface area (Å²) in [4.78, 5) is 13.3. The Hall–Kier alpha value is -0.830. The minimum Gasteiger partial charge on any atom is -0.327 e. The topological polar surface area (TPSA) is 46.3 Å². The summed E-state index contributed by atoms with van der Waals surface area (Å²) in [6, 6.07) is 0. The Balaban J connectivity index is 4.53. The average Bonchev–Trinajstić information content (AvgIpc) is 2.12. The third-order valence-corrected chi connectivity index (χ3v) is 2.31. The van der Waals surface area contributed by atoms with E-state index < -0.39 is 0 Å². The fourth-order valence-electron chi connectivity index (χ4n) is 0.903. The fourth-order valence-corrected chi connectivity index (χ4v) is 0.903. The third kappa shape index (κ3) is 3.19. The molecule has 1 amide bonds. The summed E-state index contributed by atoms with van der Waals surface area (Å²) in [6.07, 6.45) is 0.597.